The van der Waals surface area contributed by atoms with Crippen molar-refractivity contribution in [2.45, 2.75) is 20.0 Å². The number of aromatic nitrogens is 2. The molecule has 8 heteroatoms. The maximum Gasteiger partial charge on any atom is 0.348 e. The Labute approximate surface area is 189 Å². The number of ether oxygens (including phenoxy) is 2. The van der Waals surface area contributed by atoms with E-state index in [4.69, 9.17) is 9.47 Å². The number of hydrogen-bond donors (Lipinski definition) is 1. The SMILES string of the molecule is COc1ccccc1CNC(=O)COC(=O)c1cc2c(C)nn(Cc3ccccc3)c2s1. The lowest BCUT2D eigenvalue weighted by Gasteiger charge is -2.09. The summed E-state index contributed by atoms with van der Waals surface area (Å²) in [7, 11) is 1.58. The Balaban J connectivity index is 1.37. The van der Waals surface area contributed by atoms with E-state index in [0.29, 0.717) is 17.2 Å². The second kappa shape index (κ2) is 9.65. The number of rotatable bonds is 8. The van der Waals surface area contributed by atoms with E-state index in [1.807, 2.05) is 66.2 Å². The van der Waals surface area contributed by atoms with Gasteiger partial charge in [-0.2, -0.15) is 5.10 Å². The molecule has 0 aliphatic rings. The van der Waals surface area contributed by atoms with Crippen molar-refractivity contribution in [1.82, 2.24) is 15.1 Å². The average Bonchev–Trinajstić information content (AvgIpc) is 3.38. The lowest BCUT2D eigenvalue weighted by atomic mass is 10.2. The normalized spacial score (nSPS) is 10.8. The molecule has 0 saturated heterocycles. The number of methoxy groups -OCH3 is 1. The van der Waals surface area contributed by atoms with E-state index in [0.717, 1.165) is 27.0 Å². The number of nitrogens with one attached hydrogen (secondary N) is 1. The zero-order valence-corrected chi connectivity index (χ0v) is 18.6. The molecule has 164 valence electrons. The Kier molecular flexibility index (Phi) is 6.51. The van der Waals surface area contributed by atoms with Crippen LogP contribution in [0.15, 0.2) is 60.7 Å². The van der Waals surface area contributed by atoms with Gasteiger partial charge in [0.25, 0.3) is 5.91 Å². The number of hydrogen-bond acceptors (Lipinski definition) is 6. The molecule has 0 saturated carbocycles. The largest absolute Gasteiger partial charge is 0.496 e. The van der Waals surface area contributed by atoms with Crippen LogP contribution in [-0.2, 0) is 22.6 Å². The second-order valence-electron chi connectivity index (χ2n) is 7.22. The molecule has 1 N–H and O–H groups in total. The van der Waals surface area contributed by atoms with Crippen molar-refractivity contribution in [3.63, 3.8) is 0 Å². The van der Waals surface area contributed by atoms with Gasteiger partial charge in [0.05, 0.1) is 19.3 Å². The molecule has 1 amide bonds. The Bertz CT molecular complexity index is 1250. The molecule has 0 radical (unpaired) electrons. The van der Waals surface area contributed by atoms with Crippen molar-refractivity contribution in [3.8, 4) is 5.75 Å². The molecule has 32 heavy (non-hydrogen) atoms. The van der Waals surface area contributed by atoms with Gasteiger partial charge in [-0.15, -0.1) is 11.3 Å². The molecule has 0 unspecified atom stereocenters. The molecule has 7 nitrogen and oxygen atoms in total. The van der Waals surface area contributed by atoms with Crippen LogP contribution in [0.1, 0.15) is 26.5 Å². The van der Waals surface area contributed by atoms with Gasteiger partial charge >= 0.3 is 5.97 Å². The highest BCUT2D eigenvalue weighted by molar-refractivity contribution is 7.20. The van der Waals surface area contributed by atoms with Crippen molar-refractivity contribution in [2.24, 2.45) is 0 Å². The Hall–Kier alpha value is -3.65. The predicted octanol–water partition coefficient (Wildman–Crippen LogP) is 3.94. The van der Waals surface area contributed by atoms with Gasteiger partial charge in [0.2, 0.25) is 0 Å². The predicted molar refractivity (Wildman–Crippen MR) is 123 cm³/mol. The number of esters is 1. The molecular formula is C24H23N3O4S. The molecule has 0 aliphatic heterocycles. The Morgan fingerprint density at radius 3 is 2.62 bits per heavy atom. The van der Waals surface area contributed by atoms with Crippen LogP contribution in [-0.4, -0.2) is 35.4 Å². The topological polar surface area (TPSA) is 82.4 Å². The summed E-state index contributed by atoms with van der Waals surface area (Å²) in [4.78, 5) is 26.0. The molecule has 4 aromatic rings. The number of para-hydroxylation sites is 1. The maximum atomic E-state index is 12.5. The summed E-state index contributed by atoms with van der Waals surface area (Å²) in [5.74, 6) is -0.212. The van der Waals surface area contributed by atoms with E-state index < -0.39 is 5.97 Å². The van der Waals surface area contributed by atoms with Crippen LogP contribution in [0.4, 0.5) is 0 Å². The first kappa shape index (κ1) is 21.6. The van der Waals surface area contributed by atoms with Crippen molar-refractivity contribution in [3.05, 3.63) is 82.4 Å². The highest BCUT2D eigenvalue weighted by Gasteiger charge is 2.18. The van der Waals surface area contributed by atoms with E-state index in [-0.39, 0.29) is 19.1 Å². The first-order valence-corrected chi connectivity index (χ1v) is 10.9. The molecule has 2 aromatic heterocycles. The van der Waals surface area contributed by atoms with Gasteiger partial charge in [-0.3, -0.25) is 9.48 Å². The minimum absolute atomic E-state index is 0.289. The minimum atomic E-state index is -0.524. The second-order valence-corrected chi connectivity index (χ2v) is 8.25. The summed E-state index contributed by atoms with van der Waals surface area (Å²) in [6, 6.07) is 19.2. The molecule has 4 rings (SSSR count). The average molecular weight is 450 g/mol. The summed E-state index contributed by atoms with van der Waals surface area (Å²) in [6.45, 7) is 2.47. The summed E-state index contributed by atoms with van der Waals surface area (Å²) < 4.78 is 12.4. The third-order valence-corrected chi connectivity index (χ3v) is 6.12. The summed E-state index contributed by atoms with van der Waals surface area (Å²) in [6.07, 6.45) is 0. The monoisotopic (exact) mass is 449 g/mol. The standard InChI is InChI=1S/C24H23N3O4S/c1-16-19-12-21(32-23(19)27(26-16)14-17-8-4-3-5-9-17)24(29)31-15-22(28)25-13-18-10-6-7-11-20(18)30-2/h3-12H,13-15H2,1-2H3,(H,25,28). The van der Waals surface area contributed by atoms with Crippen molar-refractivity contribution in [1.29, 1.82) is 0 Å². The first-order valence-electron chi connectivity index (χ1n) is 10.1. The van der Waals surface area contributed by atoms with Crippen LogP contribution >= 0.6 is 11.3 Å². The van der Waals surface area contributed by atoms with Crippen molar-refractivity contribution >= 4 is 33.4 Å². The molecule has 0 spiro atoms. The van der Waals surface area contributed by atoms with Crippen LogP contribution in [0, 0.1) is 6.92 Å². The lowest BCUT2D eigenvalue weighted by molar-refractivity contribution is -0.124. The van der Waals surface area contributed by atoms with Gasteiger partial charge in [0.15, 0.2) is 6.61 Å². The third kappa shape index (κ3) is 4.81. The number of aryl methyl sites for hydroxylation is 1. The van der Waals surface area contributed by atoms with E-state index in [9.17, 15) is 9.59 Å². The Morgan fingerprint density at radius 2 is 1.84 bits per heavy atom. The molecule has 0 atom stereocenters. The van der Waals surface area contributed by atoms with Gasteiger partial charge in [-0.05, 0) is 24.6 Å². The van der Waals surface area contributed by atoms with Crippen molar-refractivity contribution in [2.75, 3.05) is 13.7 Å². The zero-order valence-electron chi connectivity index (χ0n) is 17.8. The van der Waals surface area contributed by atoms with E-state index in [1.54, 1.807) is 13.2 Å². The minimum Gasteiger partial charge on any atom is -0.496 e. The fourth-order valence-electron chi connectivity index (χ4n) is 3.37. The van der Waals surface area contributed by atoms with Gasteiger partial charge < -0.3 is 14.8 Å². The van der Waals surface area contributed by atoms with Crippen LogP contribution in [0.25, 0.3) is 10.2 Å². The highest BCUT2D eigenvalue weighted by Crippen LogP contribution is 2.29. The van der Waals surface area contributed by atoms with Gasteiger partial charge in [-0.25, -0.2) is 4.79 Å². The quantitative estimate of drug-likeness (QED) is 0.412. The number of amides is 1. The molecule has 2 heterocycles. The molecule has 0 fully saturated rings. The fourth-order valence-corrected chi connectivity index (χ4v) is 4.43. The van der Waals surface area contributed by atoms with Crippen LogP contribution < -0.4 is 10.1 Å². The maximum absolute atomic E-state index is 12.5. The number of carbonyl (C=O) groups is 2. The molecule has 0 bridgehead atoms. The lowest BCUT2D eigenvalue weighted by Crippen LogP contribution is -2.28. The highest BCUT2D eigenvalue weighted by atomic mass is 32.1. The number of carbonyl (C=O) groups excluding carboxylic acids is 2. The number of benzene rings is 2. The molecule has 0 aliphatic carbocycles. The summed E-state index contributed by atoms with van der Waals surface area (Å²) >= 11 is 1.32. The number of fused-ring (bicyclic) bond motifs is 1. The van der Waals surface area contributed by atoms with Crippen molar-refractivity contribution < 1.29 is 19.1 Å². The Morgan fingerprint density at radius 1 is 1.09 bits per heavy atom. The van der Waals surface area contributed by atoms with E-state index in [2.05, 4.69) is 10.4 Å². The number of thiophene rings is 1. The van der Waals surface area contributed by atoms with Crippen LogP contribution in [0.5, 0.6) is 5.75 Å². The summed E-state index contributed by atoms with van der Waals surface area (Å²) in [5.41, 5.74) is 2.82. The summed E-state index contributed by atoms with van der Waals surface area (Å²) in [5, 5.41) is 8.24. The molecule has 2 aromatic carbocycles. The zero-order chi connectivity index (χ0) is 22.5. The smallest absolute Gasteiger partial charge is 0.348 e. The van der Waals surface area contributed by atoms with Crippen LogP contribution in [0.2, 0.25) is 0 Å². The third-order valence-electron chi connectivity index (χ3n) is 4.99. The van der Waals surface area contributed by atoms with Gasteiger partial charge in [-0.1, -0.05) is 48.5 Å². The molecular weight excluding hydrogens is 426 g/mol. The first-order chi connectivity index (χ1) is 15.5. The number of nitrogens with zero attached hydrogens (tertiary/aromatic N) is 2. The van der Waals surface area contributed by atoms with Crippen LogP contribution in [0.3, 0.4) is 0 Å². The van der Waals surface area contributed by atoms with Gasteiger partial charge in [0.1, 0.15) is 15.5 Å². The van der Waals surface area contributed by atoms with Gasteiger partial charge in [0, 0.05) is 17.5 Å². The van der Waals surface area contributed by atoms with E-state index in [1.165, 1.54) is 11.3 Å². The van der Waals surface area contributed by atoms with E-state index >= 15 is 0 Å². The fraction of sp³-hybridized carbons (Fsp3) is 0.208.